The van der Waals surface area contributed by atoms with Gasteiger partial charge in [-0.05, 0) is 24.3 Å². The maximum atomic E-state index is 12.5. The van der Waals surface area contributed by atoms with Gasteiger partial charge in [0.25, 0.3) is 0 Å². The monoisotopic (exact) mass is 260 g/mol. The highest BCUT2D eigenvalue weighted by Gasteiger charge is 2.35. The smallest absolute Gasteiger partial charge is 0.240 e. The summed E-state index contributed by atoms with van der Waals surface area (Å²) in [6.07, 6.45) is 3.17. The summed E-state index contributed by atoms with van der Waals surface area (Å²) in [5.74, 6) is 0.352. The van der Waals surface area contributed by atoms with E-state index in [1.54, 1.807) is 0 Å². The van der Waals surface area contributed by atoms with Crippen molar-refractivity contribution in [1.82, 2.24) is 4.90 Å². The lowest BCUT2D eigenvalue weighted by Crippen LogP contribution is -2.47. The Kier molecular flexibility index (Phi) is 4.59. The van der Waals surface area contributed by atoms with Crippen LogP contribution in [-0.2, 0) is 11.3 Å². The maximum absolute atomic E-state index is 12.5. The molecule has 19 heavy (non-hydrogen) atoms. The van der Waals surface area contributed by atoms with Crippen LogP contribution in [0.5, 0.6) is 0 Å². The number of carbonyl (C=O) groups excluding carboxylic acids is 1. The van der Waals surface area contributed by atoms with Gasteiger partial charge in [0.2, 0.25) is 5.91 Å². The Balaban J connectivity index is 2.06. The van der Waals surface area contributed by atoms with Gasteiger partial charge in [-0.3, -0.25) is 4.79 Å². The second-order valence-corrected chi connectivity index (χ2v) is 5.59. The molecule has 0 spiro atoms. The van der Waals surface area contributed by atoms with Crippen molar-refractivity contribution in [2.75, 3.05) is 0 Å². The van der Waals surface area contributed by atoms with Crippen molar-refractivity contribution in [2.24, 2.45) is 11.7 Å². The highest BCUT2D eigenvalue weighted by Crippen LogP contribution is 2.29. The summed E-state index contributed by atoms with van der Waals surface area (Å²) in [6.45, 7) is 4.82. The second-order valence-electron chi connectivity index (χ2n) is 5.59. The summed E-state index contributed by atoms with van der Waals surface area (Å²) in [5.41, 5.74) is 7.28. The van der Waals surface area contributed by atoms with Gasteiger partial charge in [0, 0.05) is 12.6 Å². The van der Waals surface area contributed by atoms with Crippen molar-refractivity contribution >= 4 is 5.91 Å². The van der Waals surface area contributed by atoms with Crippen molar-refractivity contribution < 1.29 is 4.79 Å². The molecule has 1 aromatic carbocycles. The van der Waals surface area contributed by atoms with E-state index in [2.05, 4.69) is 26.0 Å². The lowest BCUT2D eigenvalue weighted by molar-refractivity contribution is -0.135. The van der Waals surface area contributed by atoms with Gasteiger partial charge in [0.1, 0.15) is 0 Å². The van der Waals surface area contributed by atoms with Crippen molar-refractivity contribution in [1.29, 1.82) is 0 Å². The molecule has 0 aromatic heterocycles. The Bertz CT molecular complexity index is 414. The van der Waals surface area contributed by atoms with E-state index < -0.39 is 0 Å². The molecule has 1 fully saturated rings. The number of hydrogen-bond acceptors (Lipinski definition) is 2. The van der Waals surface area contributed by atoms with Crippen molar-refractivity contribution in [3.8, 4) is 0 Å². The molecule has 0 saturated heterocycles. The van der Waals surface area contributed by atoms with E-state index in [1.165, 1.54) is 5.56 Å². The van der Waals surface area contributed by atoms with Crippen LogP contribution in [0.4, 0.5) is 0 Å². The van der Waals surface area contributed by atoms with Gasteiger partial charge in [-0.2, -0.15) is 0 Å². The normalized spacial score (nSPS) is 17.8. The minimum atomic E-state index is -0.366. The first-order valence-corrected chi connectivity index (χ1v) is 7.23. The van der Waals surface area contributed by atoms with Gasteiger partial charge in [0.15, 0.2) is 0 Å². The van der Waals surface area contributed by atoms with Gasteiger partial charge < -0.3 is 10.6 Å². The molecule has 1 saturated carbocycles. The molecule has 0 aliphatic heterocycles. The molecule has 1 aliphatic carbocycles. The summed E-state index contributed by atoms with van der Waals surface area (Å²) in [6, 6.07) is 10.2. The first-order valence-electron chi connectivity index (χ1n) is 7.23. The first kappa shape index (κ1) is 14.1. The van der Waals surface area contributed by atoms with E-state index in [0.29, 0.717) is 12.6 Å². The van der Waals surface area contributed by atoms with Crippen molar-refractivity contribution in [2.45, 2.75) is 51.7 Å². The van der Waals surface area contributed by atoms with Gasteiger partial charge in [-0.15, -0.1) is 0 Å². The summed E-state index contributed by atoms with van der Waals surface area (Å²) >= 11 is 0. The summed E-state index contributed by atoms with van der Waals surface area (Å²) in [5, 5.41) is 0. The zero-order chi connectivity index (χ0) is 13.8. The lowest BCUT2D eigenvalue weighted by atomic mass is 9.98. The van der Waals surface area contributed by atoms with Crippen LogP contribution in [0.25, 0.3) is 0 Å². The fourth-order valence-electron chi connectivity index (χ4n) is 2.24. The SMILES string of the molecule is CC[C@H](C)[C@H](N)C(=O)N(Cc1ccccc1)C1CC1. The predicted octanol–water partition coefficient (Wildman–Crippen LogP) is 2.55. The highest BCUT2D eigenvalue weighted by atomic mass is 16.2. The molecule has 2 N–H and O–H groups in total. The minimum Gasteiger partial charge on any atom is -0.334 e. The van der Waals surface area contributed by atoms with Crippen LogP contribution in [-0.4, -0.2) is 22.9 Å². The van der Waals surface area contributed by atoms with Crippen LogP contribution in [0.1, 0.15) is 38.7 Å². The van der Waals surface area contributed by atoms with E-state index >= 15 is 0 Å². The van der Waals surface area contributed by atoms with Crippen molar-refractivity contribution in [3.05, 3.63) is 35.9 Å². The summed E-state index contributed by atoms with van der Waals surface area (Å²) in [7, 11) is 0. The van der Waals surface area contributed by atoms with E-state index in [4.69, 9.17) is 5.73 Å². The molecule has 0 bridgehead atoms. The molecule has 2 rings (SSSR count). The number of nitrogens with two attached hydrogens (primary N) is 1. The van der Waals surface area contributed by atoms with Gasteiger partial charge >= 0.3 is 0 Å². The topological polar surface area (TPSA) is 46.3 Å². The van der Waals surface area contributed by atoms with Crippen LogP contribution in [0.3, 0.4) is 0 Å². The van der Waals surface area contributed by atoms with E-state index in [-0.39, 0.29) is 17.9 Å². The molecule has 2 atom stereocenters. The number of amides is 1. The van der Waals surface area contributed by atoms with E-state index in [1.807, 2.05) is 23.1 Å². The third kappa shape index (κ3) is 3.57. The van der Waals surface area contributed by atoms with Crippen LogP contribution < -0.4 is 5.73 Å². The Morgan fingerprint density at radius 2 is 2.00 bits per heavy atom. The number of carbonyl (C=O) groups is 1. The standard InChI is InChI=1S/C16H24N2O/c1-3-12(2)15(17)16(19)18(14-9-10-14)11-13-7-5-4-6-8-13/h4-8,12,14-15H,3,9-11,17H2,1-2H3/t12-,15-/m0/s1. The third-order valence-electron chi connectivity index (χ3n) is 4.01. The largest absolute Gasteiger partial charge is 0.334 e. The van der Waals surface area contributed by atoms with E-state index in [0.717, 1.165) is 19.3 Å². The Labute approximate surface area is 115 Å². The predicted molar refractivity (Wildman–Crippen MR) is 77.4 cm³/mol. The maximum Gasteiger partial charge on any atom is 0.240 e. The Morgan fingerprint density at radius 1 is 1.37 bits per heavy atom. The molecule has 3 heteroatoms. The van der Waals surface area contributed by atoms with Crippen molar-refractivity contribution in [3.63, 3.8) is 0 Å². The number of nitrogens with zero attached hydrogens (tertiary/aromatic N) is 1. The lowest BCUT2D eigenvalue weighted by Gasteiger charge is -2.28. The fraction of sp³-hybridized carbons (Fsp3) is 0.562. The Morgan fingerprint density at radius 3 is 2.53 bits per heavy atom. The molecule has 1 aliphatic rings. The molecular formula is C16H24N2O. The van der Waals surface area contributed by atoms with Crippen LogP contribution in [0, 0.1) is 5.92 Å². The zero-order valence-corrected chi connectivity index (χ0v) is 11.9. The molecule has 3 nitrogen and oxygen atoms in total. The minimum absolute atomic E-state index is 0.112. The van der Waals surface area contributed by atoms with Gasteiger partial charge in [0.05, 0.1) is 6.04 Å². The first-order chi connectivity index (χ1) is 9.13. The molecule has 104 valence electrons. The average molecular weight is 260 g/mol. The average Bonchev–Trinajstić information content (AvgIpc) is 3.28. The fourth-order valence-corrected chi connectivity index (χ4v) is 2.24. The molecule has 1 amide bonds. The van der Waals surface area contributed by atoms with Crippen LogP contribution in [0.15, 0.2) is 30.3 Å². The molecular weight excluding hydrogens is 236 g/mol. The number of benzene rings is 1. The third-order valence-corrected chi connectivity index (χ3v) is 4.01. The molecule has 0 radical (unpaired) electrons. The quantitative estimate of drug-likeness (QED) is 0.854. The zero-order valence-electron chi connectivity index (χ0n) is 11.9. The van der Waals surface area contributed by atoms with Gasteiger partial charge in [-0.1, -0.05) is 50.6 Å². The highest BCUT2D eigenvalue weighted by molar-refractivity contribution is 5.82. The molecule has 1 aromatic rings. The van der Waals surface area contributed by atoms with Crippen LogP contribution >= 0.6 is 0 Å². The Hall–Kier alpha value is -1.35. The summed E-state index contributed by atoms with van der Waals surface area (Å²) < 4.78 is 0. The van der Waals surface area contributed by atoms with Crippen LogP contribution in [0.2, 0.25) is 0 Å². The van der Waals surface area contributed by atoms with E-state index in [9.17, 15) is 4.79 Å². The molecule has 0 unspecified atom stereocenters. The summed E-state index contributed by atoms with van der Waals surface area (Å²) in [4.78, 5) is 14.5. The molecule has 0 heterocycles. The number of hydrogen-bond donors (Lipinski definition) is 1. The second kappa shape index (κ2) is 6.20. The number of rotatable bonds is 6. The van der Waals surface area contributed by atoms with Gasteiger partial charge in [-0.25, -0.2) is 0 Å².